The molecule has 0 aromatic carbocycles. The summed E-state index contributed by atoms with van der Waals surface area (Å²) in [6.45, 7) is 2.85. The Morgan fingerprint density at radius 2 is 1.95 bits per heavy atom. The van der Waals surface area contributed by atoms with Gasteiger partial charge in [0.15, 0.2) is 0 Å². The molecule has 0 atom stereocenters. The molecule has 1 aliphatic carbocycles. The second-order valence-electron chi connectivity index (χ2n) is 6.24. The second kappa shape index (κ2) is 5.88. The number of hydrogen-bond acceptors (Lipinski definition) is 3. The van der Waals surface area contributed by atoms with Crippen molar-refractivity contribution < 1.29 is 0 Å². The number of anilines is 1. The Balaban J connectivity index is 1.75. The van der Waals surface area contributed by atoms with Crippen LogP contribution in [0.2, 0.25) is 0 Å². The first-order chi connectivity index (χ1) is 9.72. The summed E-state index contributed by atoms with van der Waals surface area (Å²) in [5.74, 6) is 0. The third-order valence-corrected chi connectivity index (χ3v) is 5.95. The van der Waals surface area contributed by atoms with Crippen LogP contribution in [0.3, 0.4) is 0 Å². The Labute approximate surface area is 128 Å². The van der Waals surface area contributed by atoms with E-state index in [1.165, 1.54) is 38.5 Å². The van der Waals surface area contributed by atoms with Crippen LogP contribution in [0.25, 0.3) is 0 Å². The van der Waals surface area contributed by atoms with Gasteiger partial charge in [-0.1, -0.05) is 22.4 Å². The highest BCUT2D eigenvalue weighted by Gasteiger charge is 2.36. The number of halogens is 1. The summed E-state index contributed by atoms with van der Waals surface area (Å²) in [4.78, 5) is 14.6. The molecule has 1 aromatic rings. The largest absolute Gasteiger partial charge is 0.370 e. The Morgan fingerprint density at radius 3 is 2.50 bits per heavy atom. The van der Waals surface area contributed by atoms with Gasteiger partial charge in [0.2, 0.25) is 0 Å². The molecular formula is C15H22BrN3O. The minimum atomic E-state index is 0.0419. The van der Waals surface area contributed by atoms with Gasteiger partial charge in [0, 0.05) is 24.5 Å². The fourth-order valence-electron chi connectivity index (χ4n) is 3.20. The molecule has 4 nitrogen and oxygen atoms in total. The Kier molecular flexibility index (Phi) is 4.15. The standard InChI is InChI=1S/C15H22BrN3O/c16-11-15(5-4-6-15)12-19-14(20)9-13(10-17-19)18-7-2-1-3-8-18/h9-10H,1-8,11-12H2. The van der Waals surface area contributed by atoms with Crippen LogP contribution in [-0.2, 0) is 6.54 Å². The van der Waals surface area contributed by atoms with Gasteiger partial charge in [0.05, 0.1) is 18.4 Å². The molecule has 110 valence electrons. The van der Waals surface area contributed by atoms with Crippen LogP contribution in [0.15, 0.2) is 17.1 Å². The van der Waals surface area contributed by atoms with Crippen molar-refractivity contribution in [3.8, 4) is 0 Å². The average molecular weight is 340 g/mol. The molecule has 2 aliphatic rings. The van der Waals surface area contributed by atoms with E-state index < -0.39 is 0 Å². The minimum Gasteiger partial charge on any atom is -0.370 e. The van der Waals surface area contributed by atoms with Crippen molar-refractivity contribution in [2.24, 2.45) is 5.41 Å². The molecule has 1 aromatic heterocycles. The summed E-state index contributed by atoms with van der Waals surface area (Å²) in [6.07, 6.45) is 9.26. The quantitative estimate of drug-likeness (QED) is 0.791. The molecule has 0 radical (unpaired) electrons. The fraction of sp³-hybridized carbons (Fsp3) is 0.733. The van der Waals surface area contributed by atoms with Crippen molar-refractivity contribution in [1.82, 2.24) is 9.78 Å². The first-order valence-electron chi connectivity index (χ1n) is 7.61. The molecule has 1 saturated carbocycles. The van der Waals surface area contributed by atoms with Crippen molar-refractivity contribution >= 4 is 21.6 Å². The highest BCUT2D eigenvalue weighted by Crippen LogP contribution is 2.43. The maximum atomic E-state index is 12.3. The predicted molar refractivity (Wildman–Crippen MR) is 84.6 cm³/mol. The molecule has 0 N–H and O–H groups in total. The third kappa shape index (κ3) is 2.78. The van der Waals surface area contributed by atoms with E-state index in [0.29, 0.717) is 0 Å². The van der Waals surface area contributed by atoms with Gasteiger partial charge in [-0.05, 0) is 37.5 Å². The Hall–Kier alpha value is -0.840. The van der Waals surface area contributed by atoms with E-state index in [9.17, 15) is 4.79 Å². The van der Waals surface area contributed by atoms with Gasteiger partial charge in [-0.25, -0.2) is 4.68 Å². The van der Waals surface area contributed by atoms with Crippen LogP contribution in [-0.4, -0.2) is 28.2 Å². The van der Waals surface area contributed by atoms with E-state index in [-0.39, 0.29) is 11.0 Å². The van der Waals surface area contributed by atoms with Gasteiger partial charge in [-0.3, -0.25) is 4.79 Å². The van der Waals surface area contributed by atoms with Crippen LogP contribution < -0.4 is 10.5 Å². The first-order valence-corrected chi connectivity index (χ1v) is 8.73. The zero-order valence-electron chi connectivity index (χ0n) is 11.9. The van der Waals surface area contributed by atoms with Gasteiger partial charge in [-0.15, -0.1) is 0 Å². The topological polar surface area (TPSA) is 38.1 Å². The van der Waals surface area contributed by atoms with Gasteiger partial charge in [0.1, 0.15) is 0 Å². The van der Waals surface area contributed by atoms with E-state index in [2.05, 4.69) is 25.9 Å². The van der Waals surface area contributed by atoms with Crippen LogP contribution in [0.5, 0.6) is 0 Å². The van der Waals surface area contributed by atoms with Gasteiger partial charge in [-0.2, -0.15) is 5.10 Å². The molecule has 2 fully saturated rings. The molecule has 0 spiro atoms. The highest BCUT2D eigenvalue weighted by molar-refractivity contribution is 9.09. The molecule has 0 unspecified atom stereocenters. The SMILES string of the molecule is O=c1cc(N2CCCCC2)cnn1CC1(CBr)CCC1. The summed E-state index contributed by atoms with van der Waals surface area (Å²) < 4.78 is 1.65. The molecule has 1 saturated heterocycles. The monoisotopic (exact) mass is 339 g/mol. The van der Waals surface area contributed by atoms with E-state index in [0.717, 1.165) is 30.7 Å². The normalized spacial score (nSPS) is 21.6. The van der Waals surface area contributed by atoms with Crippen molar-refractivity contribution in [3.63, 3.8) is 0 Å². The lowest BCUT2D eigenvalue weighted by Gasteiger charge is -2.40. The summed E-state index contributed by atoms with van der Waals surface area (Å²) in [5, 5.41) is 5.37. The molecule has 1 aliphatic heterocycles. The van der Waals surface area contributed by atoms with Gasteiger partial charge in [0.25, 0.3) is 5.56 Å². The van der Waals surface area contributed by atoms with E-state index >= 15 is 0 Å². The molecule has 20 heavy (non-hydrogen) atoms. The van der Waals surface area contributed by atoms with E-state index in [4.69, 9.17) is 0 Å². The zero-order valence-corrected chi connectivity index (χ0v) is 13.4. The summed E-state index contributed by atoms with van der Waals surface area (Å²) in [5.41, 5.74) is 1.29. The van der Waals surface area contributed by atoms with Gasteiger partial charge >= 0.3 is 0 Å². The lowest BCUT2D eigenvalue weighted by molar-refractivity contribution is 0.131. The number of piperidine rings is 1. The number of hydrogen-bond donors (Lipinski definition) is 0. The van der Waals surface area contributed by atoms with Crippen LogP contribution in [0, 0.1) is 5.41 Å². The van der Waals surface area contributed by atoms with Crippen LogP contribution in [0.4, 0.5) is 5.69 Å². The summed E-state index contributed by atoms with van der Waals surface area (Å²) in [6, 6.07) is 1.76. The van der Waals surface area contributed by atoms with E-state index in [1.807, 2.05) is 6.20 Å². The first kappa shape index (κ1) is 14.1. The van der Waals surface area contributed by atoms with Crippen molar-refractivity contribution in [3.05, 3.63) is 22.6 Å². The summed E-state index contributed by atoms with van der Waals surface area (Å²) >= 11 is 3.59. The fourth-order valence-corrected chi connectivity index (χ4v) is 3.93. The van der Waals surface area contributed by atoms with E-state index in [1.54, 1.807) is 10.7 Å². The molecule has 2 heterocycles. The minimum absolute atomic E-state index is 0.0419. The number of aromatic nitrogens is 2. The lowest BCUT2D eigenvalue weighted by atomic mass is 9.70. The Morgan fingerprint density at radius 1 is 1.20 bits per heavy atom. The van der Waals surface area contributed by atoms with Crippen molar-refractivity contribution in [2.75, 3.05) is 23.3 Å². The molecule has 0 bridgehead atoms. The van der Waals surface area contributed by atoms with Crippen molar-refractivity contribution in [1.29, 1.82) is 0 Å². The molecule has 5 heteroatoms. The molecular weight excluding hydrogens is 318 g/mol. The maximum Gasteiger partial charge on any atom is 0.268 e. The lowest BCUT2D eigenvalue weighted by Crippen LogP contribution is -2.40. The maximum absolute atomic E-state index is 12.3. The van der Waals surface area contributed by atoms with Crippen LogP contribution in [0.1, 0.15) is 38.5 Å². The third-order valence-electron chi connectivity index (χ3n) is 4.76. The highest BCUT2D eigenvalue weighted by atomic mass is 79.9. The molecule has 0 amide bonds. The Bertz CT molecular complexity index is 513. The van der Waals surface area contributed by atoms with Crippen LogP contribution >= 0.6 is 15.9 Å². The van der Waals surface area contributed by atoms with Crippen molar-refractivity contribution in [2.45, 2.75) is 45.1 Å². The second-order valence-corrected chi connectivity index (χ2v) is 6.81. The van der Waals surface area contributed by atoms with Gasteiger partial charge < -0.3 is 4.90 Å². The number of nitrogens with zero attached hydrogens (tertiary/aromatic N) is 3. The predicted octanol–water partition coefficient (Wildman–Crippen LogP) is 2.80. The molecule has 3 rings (SSSR count). The smallest absolute Gasteiger partial charge is 0.268 e. The number of rotatable bonds is 4. The average Bonchev–Trinajstić information content (AvgIpc) is 2.45. The summed E-state index contributed by atoms with van der Waals surface area (Å²) in [7, 11) is 0. The zero-order chi connectivity index (χ0) is 14.0. The number of alkyl halides is 1.